The van der Waals surface area contributed by atoms with Crippen molar-refractivity contribution in [1.29, 1.82) is 0 Å². The predicted molar refractivity (Wildman–Crippen MR) is 64.8 cm³/mol. The van der Waals surface area contributed by atoms with E-state index in [1.54, 1.807) is 11.3 Å². The van der Waals surface area contributed by atoms with Crippen LogP contribution >= 0.6 is 11.3 Å². The first-order chi connectivity index (χ1) is 6.61. The Hall–Kier alpha value is -0.340. The van der Waals surface area contributed by atoms with Crippen molar-refractivity contribution in [3.8, 4) is 0 Å². The molecule has 1 rings (SSSR count). The van der Waals surface area contributed by atoms with Crippen LogP contribution in [0.4, 0.5) is 0 Å². The van der Waals surface area contributed by atoms with Crippen molar-refractivity contribution >= 4 is 11.3 Å². The summed E-state index contributed by atoms with van der Waals surface area (Å²) in [7, 11) is 0. The first-order valence-corrected chi connectivity index (χ1v) is 6.21. The Balaban J connectivity index is 0.000000791. The molecule has 0 aromatic carbocycles. The molecule has 0 radical (unpaired) electrons. The lowest BCUT2D eigenvalue weighted by molar-refractivity contribution is 0.154. The van der Waals surface area contributed by atoms with Gasteiger partial charge in [-0.05, 0) is 36.3 Å². The van der Waals surface area contributed by atoms with Crippen molar-refractivity contribution in [3.05, 3.63) is 21.9 Å². The van der Waals surface area contributed by atoms with Crippen molar-refractivity contribution in [3.63, 3.8) is 0 Å². The Labute approximate surface area is 91.8 Å². The van der Waals surface area contributed by atoms with Crippen LogP contribution in [-0.2, 0) is 0 Å². The van der Waals surface area contributed by atoms with Crippen LogP contribution < -0.4 is 0 Å². The first-order valence-electron chi connectivity index (χ1n) is 5.33. The fourth-order valence-corrected chi connectivity index (χ4v) is 2.21. The Bertz CT molecular complexity index is 240. The largest absolute Gasteiger partial charge is 0.388 e. The lowest BCUT2D eigenvalue weighted by Crippen LogP contribution is -2.00. The minimum atomic E-state index is -0.259. The molecule has 0 bridgehead atoms. The van der Waals surface area contributed by atoms with Gasteiger partial charge >= 0.3 is 0 Å². The molecule has 0 saturated heterocycles. The van der Waals surface area contributed by atoms with E-state index in [2.05, 4.69) is 26.8 Å². The minimum Gasteiger partial charge on any atom is -0.388 e. The fraction of sp³-hybridized carbons (Fsp3) is 0.667. The van der Waals surface area contributed by atoms with Crippen LogP contribution in [0, 0.1) is 12.8 Å². The van der Waals surface area contributed by atoms with Crippen molar-refractivity contribution < 1.29 is 5.11 Å². The maximum atomic E-state index is 9.77. The quantitative estimate of drug-likeness (QED) is 0.801. The molecule has 0 fully saturated rings. The van der Waals surface area contributed by atoms with Crippen molar-refractivity contribution in [2.45, 2.75) is 47.1 Å². The van der Waals surface area contributed by atoms with Gasteiger partial charge in [-0.15, -0.1) is 11.3 Å². The maximum Gasteiger partial charge on any atom is 0.0887 e. The molecule has 2 heteroatoms. The van der Waals surface area contributed by atoms with Gasteiger partial charge in [-0.3, -0.25) is 0 Å². The zero-order valence-corrected chi connectivity index (χ0v) is 10.7. The van der Waals surface area contributed by atoms with E-state index in [0.29, 0.717) is 5.92 Å². The number of hydrogen-bond donors (Lipinski definition) is 1. The number of hydrogen-bond acceptors (Lipinski definition) is 2. The van der Waals surface area contributed by atoms with Crippen LogP contribution in [0.2, 0.25) is 0 Å². The highest BCUT2D eigenvalue weighted by atomic mass is 32.1. The van der Waals surface area contributed by atoms with E-state index >= 15 is 0 Å². The third-order valence-corrected chi connectivity index (χ3v) is 3.02. The van der Waals surface area contributed by atoms with Crippen LogP contribution in [-0.4, -0.2) is 5.11 Å². The number of aryl methyl sites for hydroxylation is 1. The molecule has 0 aliphatic rings. The number of rotatable bonds is 3. The highest BCUT2D eigenvalue weighted by Crippen LogP contribution is 2.28. The molecule has 14 heavy (non-hydrogen) atoms. The summed E-state index contributed by atoms with van der Waals surface area (Å²) in [5.41, 5.74) is 1.22. The van der Waals surface area contributed by atoms with Crippen molar-refractivity contribution in [1.82, 2.24) is 0 Å². The Morgan fingerprint density at radius 2 is 1.93 bits per heavy atom. The van der Waals surface area contributed by atoms with Crippen LogP contribution in [0.3, 0.4) is 0 Å². The summed E-state index contributed by atoms with van der Waals surface area (Å²) in [6.07, 6.45) is 0.603. The van der Waals surface area contributed by atoms with E-state index in [9.17, 15) is 5.11 Å². The van der Waals surface area contributed by atoms with Gasteiger partial charge in [-0.25, -0.2) is 0 Å². The molecule has 82 valence electrons. The Morgan fingerprint density at radius 1 is 1.36 bits per heavy atom. The summed E-state index contributed by atoms with van der Waals surface area (Å²) in [4.78, 5) is 1.13. The van der Waals surface area contributed by atoms with Crippen LogP contribution in [0.1, 0.15) is 50.7 Å². The van der Waals surface area contributed by atoms with Gasteiger partial charge < -0.3 is 5.11 Å². The van der Waals surface area contributed by atoms with Gasteiger partial charge in [0.15, 0.2) is 0 Å². The van der Waals surface area contributed by atoms with E-state index < -0.39 is 0 Å². The van der Waals surface area contributed by atoms with Gasteiger partial charge in [-0.2, -0.15) is 0 Å². The number of aliphatic hydroxyl groups excluding tert-OH is 1. The summed E-state index contributed by atoms with van der Waals surface area (Å²) in [5.74, 6) is 0.557. The van der Waals surface area contributed by atoms with Crippen molar-refractivity contribution in [2.75, 3.05) is 0 Å². The molecular weight excluding hydrogens is 192 g/mol. The molecule has 0 saturated carbocycles. The molecule has 0 spiro atoms. The summed E-state index contributed by atoms with van der Waals surface area (Å²) in [5, 5.41) is 11.8. The van der Waals surface area contributed by atoms with Crippen LogP contribution in [0.25, 0.3) is 0 Å². The van der Waals surface area contributed by atoms with Crippen molar-refractivity contribution in [2.24, 2.45) is 5.92 Å². The first kappa shape index (κ1) is 13.7. The third kappa shape index (κ3) is 4.25. The molecule has 1 aromatic heterocycles. The van der Waals surface area contributed by atoms with Gasteiger partial charge in [0, 0.05) is 4.88 Å². The van der Waals surface area contributed by atoms with E-state index in [4.69, 9.17) is 0 Å². The highest BCUT2D eigenvalue weighted by molar-refractivity contribution is 7.10. The van der Waals surface area contributed by atoms with E-state index in [-0.39, 0.29) is 6.10 Å². The molecule has 1 N–H and O–H groups in total. The standard InChI is InChI=1S/C10H16OS.C2H6/c1-7(2)6-9(11)10-8(3)4-5-12-10;1-2/h4-5,7,9,11H,6H2,1-3H3;1-2H3. The summed E-state index contributed by atoms with van der Waals surface area (Å²) >= 11 is 1.65. The smallest absolute Gasteiger partial charge is 0.0887 e. The molecule has 1 nitrogen and oxygen atoms in total. The molecule has 1 aromatic rings. The van der Waals surface area contributed by atoms with Crippen LogP contribution in [0.5, 0.6) is 0 Å². The Kier molecular flexibility index (Phi) is 6.85. The van der Waals surface area contributed by atoms with Gasteiger partial charge in [0.2, 0.25) is 0 Å². The summed E-state index contributed by atoms with van der Waals surface area (Å²) in [6.45, 7) is 10.3. The fourth-order valence-electron chi connectivity index (χ4n) is 1.28. The topological polar surface area (TPSA) is 20.2 Å². The molecular formula is C12H22OS. The Morgan fingerprint density at radius 3 is 2.29 bits per heavy atom. The normalized spacial score (nSPS) is 12.2. The molecule has 0 aliphatic carbocycles. The average molecular weight is 214 g/mol. The number of thiophene rings is 1. The SMILES string of the molecule is CC.Cc1ccsc1C(O)CC(C)C. The second-order valence-corrected chi connectivity index (χ2v) is 4.56. The van der Waals surface area contributed by atoms with Gasteiger partial charge in [0.1, 0.15) is 0 Å². The molecule has 0 aliphatic heterocycles. The van der Waals surface area contributed by atoms with E-state index in [1.807, 2.05) is 19.2 Å². The molecule has 1 atom stereocenters. The molecule has 1 heterocycles. The van der Waals surface area contributed by atoms with E-state index in [1.165, 1.54) is 5.56 Å². The van der Waals surface area contributed by atoms with Gasteiger partial charge in [-0.1, -0.05) is 27.7 Å². The molecule has 0 amide bonds. The monoisotopic (exact) mass is 214 g/mol. The second kappa shape index (κ2) is 7.02. The lowest BCUT2D eigenvalue weighted by atomic mass is 10.0. The average Bonchev–Trinajstić information content (AvgIpc) is 2.54. The number of aliphatic hydroxyl groups is 1. The second-order valence-electron chi connectivity index (χ2n) is 3.61. The van der Waals surface area contributed by atoms with Gasteiger partial charge in [0.05, 0.1) is 6.10 Å². The third-order valence-electron chi connectivity index (χ3n) is 1.90. The zero-order valence-electron chi connectivity index (χ0n) is 9.87. The van der Waals surface area contributed by atoms with Gasteiger partial charge in [0.25, 0.3) is 0 Å². The van der Waals surface area contributed by atoms with E-state index in [0.717, 1.165) is 11.3 Å². The summed E-state index contributed by atoms with van der Waals surface area (Å²) in [6, 6.07) is 2.06. The lowest BCUT2D eigenvalue weighted by Gasteiger charge is -2.11. The van der Waals surface area contributed by atoms with Crippen LogP contribution in [0.15, 0.2) is 11.4 Å². The minimum absolute atomic E-state index is 0.259. The summed E-state index contributed by atoms with van der Waals surface area (Å²) < 4.78 is 0. The molecule has 1 unspecified atom stereocenters. The highest BCUT2D eigenvalue weighted by Gasteiger charge is 2.12. The predicted octanol–water partition coefficient (Wildman–Crippen LogP) is 4.16. The maximum absolute atomic E-state index is 9.77. The zero-order chi connectivity index (χ0) is 11.1.